The van der Waals surface area contributed by atoms with Crippen LogP contribution >= 0.6 is 0 Å². The van der Waals surface area contributed by atoms with Crippen LogP contribution in [0.15, 0.2) is 65.1 Å². The maximum atomic E-state index is 13.5. The predicted molar refractivity (Wildman–Crippen MR) is 130 cm³/mol. The van der Waals surface area contributed by atoms with Crippen molar-refractivity contribution in [2.45, 2.75) is 25.8 Å². The topological polar surface area (TPSA) is 86.3 Å². The molecule has 0 unspecified atom stereocenters. The summed E-state index contributed by atoms with van der Waals surface area (Å²) in [5.74, 6) is -0.665. The van der Waals surface area contributed by atoms with Crippen molar-refractivity contribution in [2.75, 3.05) is 7.05 Å². The summed E-state index contributed by atoms with van der Waals surface area (Å²) in [5, 5.41) is 12.7. The Labute approximate surface area is 201 Å². The van der Waals surface area contributed by atoms with E-state index in [9.17, 15) is 19.2 Å². The molecule has 0 atom stereocenters. The third-order valence-electron chi connectivity index (χ3n) is 6.28. The number of benzene rings is 3. The summed E-state index contributed by atoms with van der Waals surface area (Å²) in [5.41, 5.74) is 4.45. The summed E-state index contributed by atoms with van der Waals surface area (Å²) in [6.07, 6.45) is 3.69. The van der Waals surface area contributed by atoms with Crippen molar-refractivity contribution in [3.8, 4) is 28.6 Å². The lowest BCUT2D eigenvalue weighted by atomic mass is 9.95. The molecule has 6 nitrogen and oxygen atoms in total. The maximum Gasteiger partial charge on any atom is 0.267 e. The Morgan fingerprint density at radius 1 is 1.06 bits per heavy atom. The lowest BCUT2D eigenvalue weighted by molar-refractivity contribution is 0.0824. The maximum absolute atomic E-state index is 13.5. The third kappa shape index (κ3) is 4.04. The molecule has 2 amide bonds. The van der Waals surface area contributed by atoms with Gasteiger partial charge in [0.05, 0.1) is 5.56 Å². The van der Waals surface area contributed by atoms with Crippen LogP contribution in [-0.4, -0.2) is 29.8 Å². The number of rotatable bonds is 5. The SMILES string of the molecule is CNC(=O)c1c(-c2ccc(F)cc2)oc2ccc(-c3cc(C(=O)N(C#N)C4CC4)ccc3C)cc12. The van der Waals surface area contributed by atoms with Crippen LogP contribution in [0.4, 0.5) is 4.39 Å². The first-order valence-electron chi connectivity index (χ1n) is 11.3. The van der Waals surface area contributed by atoms with Crippen molar-refractivity contribution in [3.63, 3.8) is 0 Å². The van der Waals surface area contributed by atoms with Gasteiger partial charge in [-0.3, -0.25) is 9.59 Å². The van der Waals surface area contributed by atoms with E-state index in [0.717, 1.165) is 29.5 Å². The molecular formula is C28H22FN3O3. The van der Waals surface area contributed by atoms with Gasteiger partial charge in [-0.25, -0.2) is 9.29 Å². The Kier molecular flexibility index (Phi) is 5.58. The van der Waals surface area contributed by atoms with Gasteiger partial charge in [0, 0.05) is 29.6 Å². The van der Waals surface area contributed by atoms with E-state index in [2.05, 4.69) is 5.32 Å². The van der Waals surface area contributed by atoms with E-state index in [1.165, 1.54) is 17.0 Å². The Bertz CT molecular complexity index is 1510. The van der Waals surface area contributed by atoms with Gasteiger partial charge in [-0.05, 0) is 85.0 Å². The zero-order valence-electron chi connectivity index (χ0n) is 19.3. The number of halogens is 1. The second kappa shape index (κ2) is 8.73. The monoisotopic (exact) mass is 467 g/mol. The molecule has 4 aromatic rings. The molecule has 1 aliphatic rings. The molecule has 0 bridgehead atoms. The largest absolute Gasteiger partial charge is 0.455 e. The molecule has 5 rings (SSSR count). The number of carbonyl (C=O) groups is 2. The van der Waals surface area contributed by atoms with E-state index in [1.54, 1.807) is 37.4 Å². The van der Waals surface area contributed by atoms with Crippen molar-refractivity contribution in [1.29, 1.82) is 5.26 Å². The van der Waals surface area contributed by atoms with E-state index < -0.39 is 0 Å². The fourth-order valence-corrected chi connectivity index (χ4v) is 4.25. The number of fused-ring (bicyclic) bond motifs is 1. The van der Waals surface area contributed by atoms with Gasteiger partial charge in [-0.1, -0.05) is 12.1 Å². The van der Waals surface area contributed by atoms with Crippen LogP contribution in [0.3, 0.4) is 0 Å². The summed E-state index contributed by atoms with van der Waals surface area (Å²) < 4.78 is 19.5. The van der Waals surface area contributed by atoms with Crippen molar-refractivity contribution in [2.24, 2.45) is 0 Å². The Morgan fingerprint density at radius 2 is 1.77 bits per heavy atom. The molecule has 174 valence electrons. The number of carbonyl (C=O) groups excluding carboxylic acids is 2. The highest BCUT2D eigenvalue weighted by Gasteiger charge is 2.33. The van der Waals surface area contributed by atoms with E-state index in [0.29, 0.717) is 33.4 Å². The van der Waals surface area contributed by atoms with Crippen LogP contribution < -0.4 is 5.32 Å². The number of nitrogens with one attached hydrogen (secondary N) is 1. The molecule has 1 aromatic heterocycles. The minimum absolute atomic E-state index is 0.0143. The molecule has 3 aromatic carbocycles. The number of hydrogen-bond donors (Lipinski definition) is 1. The van der Waals surface area contributed by atoms with Gasteiger partial charge in [0.1, 0.15) is 17.2 Å². The van der Waals surface area contributed by atoms with Crippen LogP contribution in [0.1, 0.15) is 39.1 Å². The van der Waals surface area contributed by atoms with Gasteiger partial charge in [-0.2, -0.15) is 5.26 Å². The van der Waals surface area contributed by atoms with Crippen LogP contribution in [0.5, 0.6) is 0 Å². The second-order valence-electron chi connectivity index (χ2n) is 8.64. The van der Waals surface area contributed by atoms with Crippen molar-refractivity contribution >= 4 is 22.8 Å². The first-order valence-corrected chi connectivity index (χ1v) is 11.3. The van der Waals surface area contributed by atoms with Gasteiger partial charge in [0.15, 0.2) is 6.19 Å². The minimum atomic E-state index is -0.379. The third-order valence-corrected chi connectivity index (χ3v) is 6.28. The van der Waals surface area contributed by atoms with Gasteiger partial charge < -0.3 is 9.73 Å². The standard InChI is InChI=1S/C28H22FN3O3/c1-16-3-4-19(28(34)32(15-30)21-10-11-21)14-22(16)18-7-12-24-23(13-18)25(27(33)31-2)26(35-24)17-5-8-20(29)9-6-17/h3-9,12-14,21H,10-11H2,1-2H3,(H,31,33). The number of amides is 2. The number of aryl methyl sites for hydroxylation is 1. The van der Waals surface area contributed by atoms with Gasteiger partial charge in [0.25, 0.3) is 11.8 Å². The highest BCUT2D eigenvalue weighted by atomic mass is 19.1. The summed E-state index contributed by atoms with van der Waals surface area (Å²) in [4.78, 5) is 27.0. The molecule has 1 aliphatic carbocycles. The number of hydrogen-bond acceptors (Lipinski definition) is 4. The molecule has 35 heavy (non-hydrogen) atoms. The predicted octanol–water partition coefficient (Wildman–Crippen LogP) is 5.66. The van der Waals surface area contributed by atoms with E-state index in [1.807, 2.05) is 31.3 Å². The quantitative estimate of drug-likeness (QED) is 0.303. The lowest BCUT2D eigenvalue weighted by Gasteiger charge is -2.14. The van der Waals surface area contributed by atoms with Crippen LogP contribution in [-0.2, 0) is 0 Å². The Hall–Kier alpha value is -4.44. The number of furan rings is 1. The smallest absolute Gasteiger partial charge is 0.267 e. The van der Waals surface area contributed by atoms with Gasteiger partial charge in [0.2, 0.25) is 0 Å². The van der Waals surface area contributed by atoms with Gasteiger partial charge in [-0.15, -0.1) is 0 Å². The summed E-state index contributed by atoms with van der Waals surface area (Å²) >= 11 is 0. The van der Waals surface area contributed by atoms with Crippen LogP contribution in [0.25, 0.3) is 33.4 Å². The molecule has 1 saturated carbocycles. The van der Waals surface area contributed by atoms with Crippen molar-refractivity contribution in [1.82, 2.24) is 10.2 Å². The highest BCUT2D eigenvalue weighted by Crippen LogP contribution is 2.37. The molecule has 0 radical (unpaired) electrons. The van der Waals surface area contributed by atoms with Crippen molar-refractivity contribution < 1.29 is 18.4 Å². The van der Waals surface area contributed by atoms with Crippen LogP contribution in [0, 0.1) is 24.2 Å². The fraction of sp³-hybridized carbons (Fsp3) is 0.179. The van der Waals surface area contributed by atoms with E-state index in [-0.39, 0.29) is 23.7 Å². The minimum Gasteiger partial charge on any atom is -0.455 e. The molecule has 0 saturated heterocycles. The fourth-order valence-electron chi connectivity index (χ4n) is 4.25. The van der Waals surface area contributed by atoms with Crippen molar-refractivity contribution in [3.05, 3.63) is 83.2 Å². The van der Waals surface area contributed by atoms with Gasteiger partial charge >= 0.3 is 0 Å². The average molecular weight is 468 g/mol. The first kappa shape index (κ1) is 22.4. The van der Waals surface area contributed by atoms with E-state index in [4.69, 9.17) is 4.42 Å². The summed E-state index contributed by atoms with van der Waals surface area (Å²) in [6.45, 7) is 1.94. The summed E-state index contributed by atoms with van der Waals surface area (Å²) in [6, 6.07) is 16.6. The first-order chi connectivity index (χ1) is 16.9. The van der Waals surface area contributed by atoms with Crippen LogP contribution in [0.2, 0.25) is 0 Å². The molecular weight excluding hydrogens is 445 g/mol. The second-order valence-corrected chi connectivity index (χ2v) is 8.64. The Morgan fingerprint density at radius 3 is 2.43 bits per heavy atom. The molecule has 0 spiro atoms. The average Bonchev–Trinajstić information content (AvgIpc) is 3.63. The normalized spacial score (nSPS) is 12.9. The zero-order chi connectivity index (χ0) is 24.7. The lowest BCUT2D eigenvalue weighted by Crippen LogP contribution is -2.28. The highest BCUT2D eigenvalue weighted by molar-refractivity contribution is 6.12. The van der Waals surface area contributed by atoms with E-state index >= 15 is 0 Å². The number of nitriles is 1. The molecule has 0 aliphatic heterocycles. The summed E-state index contributed by atoms with van der Waals surface area (Å²) in [7, 11) is 1.54. The molecule has 1 fully saturated rings. The number of nitrogens with zero attached hydrogens (tertiary/aromatic N) is 2. The molecule has 1 N–H and O–H groups in total. The zero-order valence-corrected chi connectivity index (χ0v) is 19.3. The molecule has 1 heterocycles. The molecule has 7 heteroatoms. The Balaban J connectivity index is 1.63.